The molecular formula is C19H19N5O8S. The highest BCUT2D eigenvalue weighted by molar-refractivity contribution is 7.90. The molecule has 4 amide bonds. The van der Waals surface area contributed by atoms with E-state index in [4.69, 9.17) is 0 Å². The number of carbonyl (C=O) groups excluding carboxylic acids is 4. The number of carbonyl (C=O) groups is 4. The van der Waals surface area contributed by atoms with Crippen LogP contribution in [0.3, 0.4) is 0 Å². The zero-order valence-electron chi connectivity index (χ0n) is 17.2. The fraction of sp³-hybridized carbons (Fsp3) is 0.158. The van der Waals surface area contributed by atoms with Gasteiger partial charge in [0, 0.05) is 24.0 Å². The van der Waals surface area contributed by atoms with Gasteiger partial charge in [-0.15, -0.1) is 0 Å². The van der Waals surface area contributed by atoms with Gasteiger partial charge < -0.3 is 10.6 Å². The summed E-state index contributed by atoms with van der Waals surface area (Å²) in [4.78, 5) is 57.5. The summed E-state index contributed by atoms with van der Waals surface area (Å²) in [5.74, 6) is -3.04. The number of hydrazine groups is 1. The topological polar surface area (TPSA) is 194 Å². The average molecular weight is 477 g/mol. The minimum atomic E-state index is -3.67. The summed E-state index contributed by atoms with van der Waals surface area (Å²) < 4.78 is 23.5. The molecule has 0 aromatic heterocycles. The first kappa shape index (κ1) is 24.9. The third-order valence-electron chi connectivity index (χ3n) is 4.04. The van der Waals surface area contributed by atoms with Gasteiger partial charge in [-0.3, -0.25) is 40.1 Å². The Bertz CT molecular complexity index is 1190. The molecular weight excluding hydrogens is 458 g/mol. The molecule has 0 atom stereocenters. The summed E-state index contributed by atoms with van der Waals surface area (Å²) in [6, 6.07) is 10.2. The predicted octanol–water partition coefficient (Wildman–Crippen LogP) is -0.694. The van der Waals surface area contributed by atoms with Crippen LogP contribution in [0.15, 0.2) is 53.4 Å². The highest BCUT2D eigenvalue weighted by Crippen LogP contribution is 2.14. The summed E-state index contributed by atoms with van der Waals surface area (Å²) in [5.41, 5.74) is 3.82. The molecule has 0 fully saturated rings. The molecule has 174 valence electrons. The molecule has 0 aliphatic carbocycles. The van der Waals surface area contributed by atoms with E-state index in [9.17, 15) is 37.7 Å². The van der Waals surface area contributed by atoms with E-state index < -0.39 is 51.5 Å². The fourth-order valence-corrected chi connectivity index (χ4v) is 3.34. The van der Waals surface area contributed by atoms with E-state index >= 15 is 0 Å². The van der Waals surface area contributed by atoms with E-state index in [0.717, 1.165) is 18.4 Å². The Morgan fingerprint density at radius 3 is 2.06 bits per heavy atom. The van der Waals surface area contributed by atoms with Gasteiger partial charge in [0.05, 0.1) is 28.5 Å². The van der Waals surface area contributed by atoms with Gasteiger partial charge in [-0.1, -0.05) is 12.1 Å². The maximum absolute atomic E-state index is 12.2. The lowest BCUT2D eigenvalue weighted by molar-refractivity contribution is -0.384. The molecule has 0 unspecified atom stereocenters. The van der Waals surface area contributed by atoms with Crippen LogP contribution in [0.2, 0.25) is 0 Å². The summed E-state index contributed by atoms with van der Waals surface area (Å²) in [6.07, 6.45) is 0.938. The number of hydrogen-bond acceptors (Lipinski definition) is 8. The lowest BCUT2D eigenvalue weighted by Gasteiger charge is -2.11. The number of hydrogen-bond donors (Lipinski definition) is 4. The van der Waals surface area contributed by atoms with Crippen LogP contribution in [0.4, 0.5) is 5.69 Å². The molecule has 0 bridgehead atoms. The van der Waals surface area contributed by atoms with E-state index in [1.165, 1.54) is 36.4 Å². The van der Waals surface area contributed by atoms with Crippen molar-refractivity contribution in [3.05, 3.63) is 69.8 Å². The van der Waals surface area contributed by atoms with Gasteiger partial charge in [0.1, 0.15) is 0 Å². The van der Waals surface area contributed by atoms with Crippen molar-refractivity contribution in [2.75, 3.05) is 19.3 Å². The maximum atomic E-state index is 12.2. The standard InChI is InChI=1S/C19H19N5O8S/c1-33(31,32)15-5-3-2-4-14(15)19(28)23-22-17(26)11-20-16(25)10-21-18(27)12-6-8-13(9-7-12)24(29)30/h2-9H,10-11H2,1H3,(H,20,25)(H,21,27)(H,22,26)(H,23,28). The van der Waals surface area contributed by atoms with Crippen LogP contribution in [-0.2, 0) is 19.4 Å². The van der Waals surface area contributed by atoms with Crippen LogP contribution in [0.1, 0.15) is 20.7 Å². The largest absolute Gasteiger partial charge is 0.345 e. The highest BCUT2D eigenvalue weighted by atomic mass is 32.2. The van der Waals surface area contributed by atoms with E-state index in [2.05, 4.69) is 10.6 Å². The van der Waals surface area contributed by atoms with Crippen molar-refractivity contribution >= 4 is 39.2 Å². The first-order valence-electron chi connectivity index (χ1n) is 9.16. The van der Waals surface area contributed by atoms with Gasteiger partial charge in [0.2, 0.25) is 5.91 Å². The van der Waals surface area contributed by atoms with Crippen LogP contribution < -0.4 is 21.5 Å². The molecule has 0 aliphatic rings. The van der Waals surface area contributed by atoms with Crippen molar-refractivity contribution in [3.8, 4) is 0 Å². The number of amides is 4. The van der Waals surface area contributed by atoms with Crippen molar-refractivity contribution in [1.82, 2.24) is 21.5 Å². The van der Waals surface area contributed by atoms with Crippen LogP contribution in [-0.4, -0.2) is 56.3 Å². The lowest BCUT2D eigenvalue weighted by atomic mass is 10.2. The summed E-state index contributed by atoms with van der Waals surface area (Å²) in [5, 5.41) is 15.1. The summed E-state index contributed by atoms with van der Waals surface area (Å²) in [7, 11) is -3.67. The van der Waals surface area contributed by atoms with E-state index in [0.29, 0.717) is 0 Å². The number of sulfone groups is 1. The second kappa shape index (κ2) is 10.8. The third-order valence-corrected chi connectivity index (χ3v) is 5.20. The second-order valence-electron chi connectivity index (χ2n) is 6.53. The number of nitro groups is 1. The number of nitrogens with one attached hydrogen (secondary N) is 4. The predicted molar refractivity (Wildman–Crippen MR) is 114 cm³/mol. The number of benzene rings is 2. The molecule has 0 spiro atoms. The molecule has 0 aliphatic heterocycles. The van der Waals surface area contributed by atoms with Gasteiger partial charge in [-0.05, 0) is 24.3 Å². The summed E-state index contributed by atoms with van der Waals surface area (Å²) >= 11 is 0. The first-order valence-corrected chi connectivity index (χ1v) is 11.1. The molecule has 0 heterocycles. The zero-order valence-corrected chi connectivity index (χ0v) is 18.0. The molecule has 13 nitrogen and oxygen atoms in total. The maximum Gasteiger partial charge on any atom is 0.271 e. The van der Waals surface area contributed by atoms with E-state index in [1.807, 2.05) is 10.9 Å². The van der Waals surface area contributed by atoms with Crippen LogP contribution in [0, 0.1) is 10.1 Å². The molecule has 0 saturated heterocycles. The number of rotatable bonds is 8. The van der Waals surface area contributed by atoms with Crippen molar-refractivity contribution in [2.45, 2.75) is 4.90 Å². The minimum absolute atomic E-state index is 0.100. The SMILES string of the molecule is CS(=O)(=O)c1ccccc1C(=O)NNC(=O)CNC(=O)CNC(=O)c1ccc([N+](=O)[O-])cc1. The van der Waals surface area contributed by atoms with Gasteiger partial charge in [-0.2, -0.15) is 0 Å². The zero-order chi connectivity index (χ0) is 24.6. The lowest BCUT2D eigenvalue weighted by Crippen LogP contribution is -2.47. The molecule has 2 aromatic rings. The Labute approximate surface area is 187 Å². The van der Waals surface area contributed by atoms with E-state index in [1.54, 1.807) is 0 Å². The Hall–Kier alpha value is -4.33. The van der Waals surface area contributed by atoms with Crippen molar-refractivity contribution in [1.29, 1.82) is 0 Å². The van der Waals surface area contributed by atoms with Crippen LogP contribution in [0.5, 0.6) is 0 Å². The second-order valence-corrected chi connectivity index (χ2v) is 8.52. The molecule has 0 saturated carbocycles. The Balaban J connectivity index is 1.77. The first-order chi connectivity index (χ1) is 15.5. The smallest absolute Gasteiger partial charge is 0.271 e. The van der Waals surface area contributed by atoms with E-state index in [-0.39, 0.29) is 21.7 Å². The van der Waals surface area contributed by atoms with Crippen molar-refractivity contribution < 1.29 is 32.5 Å². The summed E-state index contributed by atoms with van der Waals surface area (Å²) in [6.45, 7) is -1.02. The van der Waals surface area contributed by atoms with Gasteiger partial charge in [0.25, 0.3) is 23.4 Å². The molecule has 2 rings (SSSR count). The normalized spacial score (nSPS) is 10.6. The van der Waals surface area contributed by atoms with Gasteiger partial charge >= 0.3 is 0 Å². The fourth-order valence-electron chi connectivity index (χ4n) is 2.45. The van der Waals surface area contributed by atoms with Gasteiger partial charge in [0.15, 0.2) is 9.84 Å². The van der Waals surface area contributed by atoms with Crippen LogP contribution in [0.25, 0.3) is 0 Å². The molecule has 0 radical (unpaired) electrons. The van der Waals surface area contributed by atoms with Crippen molar-refractivity contribution in [2.24, 2.45) is 0 Å². The van der Waals surface area contributed by atoms with Gasteiger partial charge in [-0.25, -0.2) is 8.42 Å². The Morgan fingerprint density at radius 1 is 0.848 bits per heavy atom. The average Bonchev–Trinajstić information content (AvgIpc) is 2.79. The van der Waals surface area contributed by atoms with Crippen LogP contribution >= 0.6 is 0 Å². The Morgan fingerprint density at radius 2 is 1.45 bits per heavy atom. The minimum Gasteiger partial charge on any atom is -0.345 e. The highest BCUT2D eigenvalue weighted by Gasteiger charge is 2.18. The molecule has 4 N–H and O–H groups in total. The number of non-ortho nitro benzene ring substituents is 1. The van der Waals surface area contributed by atoms with Crippen molar-refractivity contribution in [3.63, 3.8) is 0 Å². The number of nitro benzene ring substituents is 1. The Kier molecular flexibility index (Phi) is 8.17. The molecule has 14 heteroatoms. The number of nitrogens with zero attached hydrogens (tertiary/aromatic N) is 1. The molecule has 2 aromatic carbocycles. The monoisotopic (exact) mass is 477 g/mol. The quantitative estimate of drug-likeness (QED) is 0.283. The molecule has 33 heavy (non-hydrogen) atoms. The third kappa shape index (κ3) is 7.39.